The van der Waals surface area contributed by atoms with Gasteiger partial charge in [-0.2, -0.15) is 0 Å². The Kier molecular flexibility index (Phi) is 13.1. The highest BCUT2D eigenvalue weighted by atomic mass is 127. The van der Waals surface area contributed by atoms with Gasteiger partial charge in [0.1, 0.15) is 0 Å². The number of aliphatic imine (C=N–C) groups is 1. The molecule has 1 aromatic carbocycles. The van der Waals surface area contributed by atoms with E-state index in [9.17, 15) is 0 Å². The van der Waals surface area contributed by atoms with Gasteiger partial charge in [0.15, 0.2) is 17.5 Å². The average Bonchev–Trinajstić information content (AvgIpc) is 2.94. The van der Waals surface area contributed by atoms with Crippen LogP contribution in [0.4, 0.5) is 0 Å². The molecule has 0 aliphatic carbocycles. The molecule has 0 bridgehead atoms. The van der Waals surface area contributed by atoms with Crippen molar-refractivity contribution in [1.29, 1.82) is 0 Å². The minimum atomic E-state index is 0. The second-order valence-electron chi connectivity index (χ2n) is 7.24. The van der Waals surface area contributed by atoms with Gasteiger partial charge in [0.25, 0.3) is 0 Å². The zero-order valence-corrected chi connectivity index (χ0v) is 20.8. The summed E-state index contributed by atoms with van der Waals surface area (Å²) in [6.07, 6.45) is 3.24. The minimum absolute atomic E-state index is 0. The van der Waals surface area contributed by atoms with E-state index in [0.717, 1.165) is 62.0 Å². The maximum absolute atomic E-state index is 5.78. The number of fused-ring (bicyclic) bond motifs is 1. The van der Waals surface area contributed by atoms with Gasteiger partial charge in [-0.1, -0.05) is 19.9 Å². The number of rotatable bonds is 10. The van der Waals surface area contributed by atoms with Crippen molar-refractivity contribution in [2.24, 2.45) is 4.99 Å². The largest absolute Gasteiger partial charge is 0.490 e. The monoisotopic (exact) mass is 518 g/mol. The van der Waals surface area contributed by atoms with E-state index in [2.05, 4.69) is 49.3 Å². The molecule has 0 amide bonds. The number of nitrogens with one attached hydrogen (secondary N) is 2. The maximum Gasteiger partial charge on any atom is 0.191 e. The number of benzene rings is 1. The van der Waals surface area contributed by atoms with Gasteiger partial charge in [-0.15, -0.1) is 24.0 Å². The van der Waals surface area contributed by atoms with Crippen LogP contribution in [0.3, 0.4) is 0 Å². The fourth-order valence-electron chi connectivity index (χ4n) is 3.26. The first-order chi connectivity index (χ1) is 13.7. The molecule has 1 heterocycles. The molecule has 1 aliphatic heterocycles. The lowest BCUT2D eigenvalue weighted by molar-refractivity contribution is 0.292. The summed E-state index contributed by atoms with van der Waals surface area (Å²) in [4.78, 5) is 7.23. The van der Waals surface area contributed by atoms with Crippen LogP contribution in [0.25, 0.3) is 0 Å². The number of hydrogen-bond acceptors (Lipinski definition) is 4. The second-order valence-corrected chi connectivity index (χ2v) is 7.24. The topological polar surface area (TPSA) is 58.1 Å². The summed E-state index contributed by atoms with van der Waals surface area (Å²) in [6.45, 7) is 15.0. The molecule has 0 radical (unpaired) electrons. The zero-order chi connectivity index (χ0) is 20.2. The quantitative estimate of drug-likeness (QED) is 0.278. The van der Waals surface area contributed by atoms with Gasteiger partial charge >= 0.3 is 0 Å². The lowest BCUT2D eigenvalue weighted by Crippen LogP contribution is -2.42. The van der Waals surface area contributed by atoms with Crippen molar-refractivity contribution in [2.45, 2.75) is 59.5 Å². The van der Waals surface area contributed by atoms with E-state index in [1.54, 1.807) is 0 Å². The molecule has 0 saturated heterocycles. The lowest BCUT2D eigenvalue weighted by Gasteiger charge is -2.21. The predicted octanol–water partition coefficient (Wildman–Crippen LogP) is 4.03. The smallest absolute Gasteiger partial charge is 0.191 e. The second kappa shape index (κ2) is 14.7. The molecule has 1 aliphatic rings. The molecule has 7 heteroatoms. The third-order valence-corrected chi connectivity index (χ3v) is 4.96. The Balaban J connectivity index is 0.00000420. The van der Waals surface area contributed by atoms with Gasteiger partial charge in [-0.05, 0) is 64.0 Å². The number of nitrogens with zero attached hydrogens (tertiary/aromatic N) is 2. The molecule has 2 N–H and O–H groups in total. The normalized spacial score (nSPS) is 14.7. The third kappa shape index (κ3) is 9.42. The molecule has 1 aromatic rings. The Morgan fingerprint density at radius 2 is 1.86 bits per heavy atom. The van der Waals surface area contributed by atoms with E-state index >= 15 is 0 Å². The highest BCUT2D eigenvalue weighted by Crippen LogP contribution is 2.30. The maximum atomic E-state index is 5.78. The highest BCUT2D eigenvalue weighted by Gasteiger charge is 2.11. The number of guanidine groups is 1. The van der Waals surface area contributed by atoms with Crippen LogP contribution in [-0.2, 0) is 6.54 Å². The summed E-state index contributed by atoms with van der Waals surface area (Å²) in [5, 5.41) is 6.88. The molecule has 2 rings (SSSR count). The average molecular weight is 518 g/mol. The van der Waals surface area contributed by atoms with Crippen LogP contribution in [0.2, 0.25) is 0 Å². The van der Waals surface area contributed by atoms with Crippen molar-refractivity contribution < 1.29 is 9.47 Å². The molecular formula is C22H39IN4O2. The van der Waals surface area contributed by atoms with E-state index < -0.39 is 0 Å². The molecule has 29 heavy (non-hydrogen) atoms. The molecular weight excluding hydrogens is 479 g/mol. The summed E-state index contributed by atoms with van der Waals surface area (Å²) >= 11 is 0. The molecule has 0 saturated carbocycles. The van der Waals surface area contributed by atoms with Crippen molar-refractivity contribution >= 4 is 29.9 Å². The van der Waals surface area contributed by atoms with Crippen molar-refractivity contribution in [2.75, 3.05) is 39.4 Å². The van der Waals surface area contributed by atoms with E-state index in [1.165, 1.54) is 6.42 Å². The Bertz CT molecular complexity index is 608. The zero-order valence-electron chi connectivity index (χ0n) is 18.5. The first-order valence-electron chi connectivity index (χ1n) is 10.8. The van der Waals surface area contributed by atoms with Gasteiger partial charge < -0.3 is 25.0 Å². The standard InChI is InChI=1S/C22H38N4O2.HI/c1-5-23-22(25-18(4)10-8-13-26(6-2)7-3)24-17-19-11-12-20-21(16-19)28-15-9-14-27-20;/h11-12,16,18H,5-10,13-15,17H2,1-4H3,(H2,23,24,25);1H. The summed E-state index contributed by atoms with van der Waals surface area (Å²) in [7, 11) is 0. The van der Waals surface area contributed by atoms with Crippen LogP contribution < -0.4 is 20.1 Å². The number of hydrogen-bond donors (Lipinski definition) is 2. The van der Waals surface area contributed by atoms with E-state index in [4.69, 9.17) is 14.5 Å². The Morgan fingerprint density at radius 1 is 1.14 bits per heavy atom. The molecule has 0 spiro atoms. The minimum Gasteiger partial charge on any atom is -0.490 e. The Morgan fingerprint density at radius 3 is 2.55 bits per heavy atom. The van der Waals surface area contributed by atoms with Crippen molar-refractivity contribution in [3.63, 3.8) is 0 Å². The van der Waals surface area contributed by atoms with Crippen LogP contribution >= 0.6 is 24.0 Å². The van der Waals surface area contributed by atoms with Crippen molar-refractivity contribution in [3.8, 4) is 11.5 Å². The predicted molar refractivity (Wildman–Crippen MR) is 132 cm³/mol. The van der Waals surface area contributed by atoms with Crippen molar-refractivity contribution in [3.05, 3.63) is 23.8 Å². The Hall–Kier alpha value is -1.22. The fraction of sp³-hybridized carbons (Fsp3) is 0.682. The summed E-state index contributed by atoms with van der Waals surface area (Å²) in [5.74, 6) is 2.52. The first-order valence-corrected chi connectivity index (χ1v) is 10.8. The highest BCUT2D eigenvalue weighted by molar-refractivity contribution is 14.0. The molecule has 0 fully saturated rings. The Labute approximate surface area is 193 Å². The lowest BCUT2D eigenvalue weighted by atomic mass is 10.2. The van der Waals surface area contributed by atoms with E-state index in [-0.39, 0.29) is 24.0 Å². The summed E-state index contributed by atoms with van der Waals surface area (Å²) < 4.78 is 11.5. The van der Waals surface area contributed by atoms with Gasteiger partial charge in [0.05, 0.1) is 19.8 Å². The molecule has 1 unspecified atom stereocenters. The third-order valence-electron chi connectivity index (χ3n) is 4.96. The van der Waals surface area contributed by atoms with Crippen LogP contribution in [0.5, 0.6) is 11.5 Å². The van der Waals surface area contributed by atoms with Crippen molar-refractivity contribution in [1.82, 2.24) is 15.5 Å². The SMILES string of the molecule is CCNC(=NCc1ccc2c(c1)OCCCO2)NC(C)CCCN(CC)CC.I. The number of ether oxygens (including phenoxy) is 2. The molecule has 1 atom stereocenters. The molecule has 6 nitrogen and oxygen atoms in total. The van der Waals surface area contributed by atoms with Gasteiger partial charge in [-0.25, -0.2) is 4.99 Å². The van der Waals surface area contributed by atoms with Crippen LogP contribution in [-0.4, -0.2) is 56.3 Å². The van der Waals surface area contributed by atoms with Gasteiger partial charge in [0, 0.05) is 19.0 Å². The fourth-order valence-corrected chi connectivity index (χ4v) is 3.26. The first kappa shape index (κ1) is 25.8. The van der Waals surface area contributed by atoms with E-state index in [1.807, 2.05) is 12.1 Å². The molecule has 0 aromatic heterocycles. The van der Waals surface area contributed by atoms with Crippen LogP contribution in [0.1, 0.15) is 52.5 Å². The van der Waals surface area contributed by atoms with Gasteiger partial charge in [0.2, 0.25) is 0 Å². The van der Waals surface area contributed by atoms with Gasteiger partial charge in [-0.3, -0.25) is 0 Å². The van der Waals surface area contributed by atoms with Crippen LogP contribution in [0.15, 0.2) is 23.2 Å². The molecule has 166 valence electrons. The number of halogens is 1. The summed E-state index contributed by atoms with van der Waals surface area (Å²) in [5.41, 5.74) is 1.12. The van der Waals surface area contributed by atoms with Crippen LogP contribution in [0, 0.1) is 0 Å². The van der Waals surface area contributed by atoms with E-state index in [0.29, 0.717) is 25.8 Å². The summed E-state index contributed by atoms with van der Waals surface area (Å²) in [6, 6.07) is 6.48.